The van der Waals surface area contributed by atoms with Crippen molar-refractivity contribution in [1.82, 2.24) is 4.98 Å². The largest absolute Gasteiger partial charge is 0.480 e. The van der Waals surface area contributed by atoms with Crippen molar-refractivity contribution in [3.63, 3.8) is 0 Å². The predicted octanol–water partition coefficient (Wildman–Crippen LogP) is 1.32. The van der Waals surface area contributed by atoms with Crippen LogP contribution in [0.25, 0.3) is 10.9 Å². The summed E-state index contributed by atoms with van der Waals surface area (Å²) in [5.41, 5.74) is 1.60. The summed E-state index contributed by atoms with van der Waals surface area (Å²) in [4.78, 5) is 25.0. The molecule has 0 spiro atoms. The molecule has 0 radical (unpaired) electrons. The van der Waals surface area contributed by atoms with Gasteiger partial charge in [-0.3, -0.25) is 4.79 Å². The monoisotopic (exact) mass is 258 g/mol. The quantitative estimate of drug-likeness (QED) is 0.787. The molecule has 2 N–H and O–H groups in total. The number of hydrogen-bond acceptors (Lipinski definition) is 4. The van der Waals surface area contributed by atoms with Crippen LogP contribution >= 0.6 is 0 Å². The van der Waals surface area contributed by atoms with Gasteiger partial charge in [0, 0.05) is 22.7 Å². The zero-order valence-electron chi connectivity index (χ0n) is 9.84. The van der Waals surface area contributed by atoms with Crippen LogP contribution in [0.1, 0.15) is 15.9 Å². The topological polar surface area (TPSA) is 103 Å². The third-order valence-electron chi connectivity index (χ3n) is 2.57. The number of hydrogen-bond donors (Lipinski definition) is 2. The standard InChI is InChI=1S/C13H10N2O4/c14-4-8-1-2-9-10(5-15-11(9)3-8)12(16)6-19-7-13(17)18/h1-3,5,15H,6-7H2,(H,17,18). The second kappa shape index (κ2) is 5.33. The minimum absolute atomic E-state index is 0.292. The van der Waals surface area contributed by atoms with Gasteiger partial charge in [-0.1, -0.05) is 6.07 Å². The molecule has 19 heavy (non-hydrogen) atoms. The van der Waals surface area contributed by atoms with Crippen molar-refractivity contribution < 1.29 is 19.4 Å². The first-order chi connectivity index (χ1) is 9.11. The van der Waals surface area contributed by atoms with Crippen LogP contribution in [-0.2, 0) is 9.53 Å². The number of carboxylic acids is 1. The number of aromatic amines is 1. The third-order valence-corrected chi connectivity index (χ3v) is 2.57. The summed E-state index contributed by atoms with van der Waals surface area (Å²) in [6.07, 6.45) is 1.53. The number of nitrogens with one attached hydrogen (secondary N) is 1. The minimum Gasteiger partial charge on any atom is -0.480 e. The maximum absolute atomic E-state index is 11.9. The Morgan fingerprint density at radius 2 is 2.16 bits per heavy atom. The minimum atomic E-state index is -1.12. The number of fused-ring (bicyclic) bond motifs is 1. The van der Waals surface area contributed by atoms with E-state index in [0.717, 1.165) is 0 Å². The second-order valence-electron chi connectivity index (χ2n) is 3.88. The summed E-state index contributed by atoms with van der Waals surface area (Å²) in [6, 6.07) is 6.94. The highest BCUT2D eigenvalue weighted by Gasteiger charge is 2.13. The molecule has 96 valence electrons. The Hall–Kier alpha value is -2.65. The van der Waals surface area contributed by atoms with E-state index in [-0.39, 0.29) is 12.4 Å². The number of benzene rings is 1. The molecule has 0 aliphatic rings. The smallest absolute Gasteiger partial charge is 0.329 e. The fourth-order valence-electron chi connectivity index (χ4n) is 1.74. The maximum Gasteiger partial charge on any atom is 0.329 e. The highest BCUT2D eigenvalue weighted by molar-refractivity contribution is 6.08. The van der Waals surface area contributed by atoms with Gasteiger partial charge in [-0.15, -0.1) is 0 Å². The van der Waals surface area contributed by atoms with Crippen molar-refractivity contribution in [1.29, 1.82) is 5.26 Å². The first-order valence-electron chi connectivity index (χ1n) is 5.46. The fraction of sp³-hybridized carbons (Fsp3) is 0.154. The lowest BCUT2D eigenvalue weighted by atomic mass is 10.1. The molecule has 0 fully saturated rings. The maximum atomic E-state index is 11.9. The van der Waals surface area contributed by atoms with Gasteiger partial charge in [0.25, 0.3) is 0 Å². The number of ketones is 1. The molecular weight excluding hydrogens is 248 g/mol. The molecule has 0 aliphatic carbocycles. The summed E-state index contributed by atoms with van der Waals surface area (Å²) in [7, 11) is 0. The van der Waals surface area contributed by atoms with E-state index >= 15 is 0 Å². The van der Waals surface area contributed by atoms with Gasteiger partial charge in [0.15, 0.2) is 5.78 Å². The third kappa shape index (κ3) is 2.78. The van der Waals surface area contributed by atoms with Crippen LogP contribution in [-0.4, -0.2) is 35.1 Å². The van der Waals surface area contributed by atoms with Gasteiger partial charge >= 0.3 is 5.97 Å². The molecule has 0 atom stereocenters. The Morgan fingerprint density at radius 3 is 2.84 bits per heavy atom. The van der Waals surface area contributed by atoms with Crippen molar-refractivity contribution in [3.8, 4) is 6.07 Å². The number of carboxylic acid groups (broad SMARTS) is 1. The van der Waals surface area contributed by atoms with E-state index in [1.165, 1.54) is 6.20 Å². The zero-order chi connectivity index (χ0) is 13.8. The number of aliphatic carboxylic acids is 1. The summed E-state index contributed by atoms with van der Waals surface area (Å²) < 4.78 is 4.76. The molecule has 1 heterocycles. The number of nitrogens with zero attached hydrogens (tertiary/aromatic N) is 1. The zero-order valence-corrected chi connectivity index (χ0v) is 9.84. The van der Waals surface area contributed by atoms with Crippen LogP contribution in [0, 0.1) is 11.3 Å². The molecule has 0 saturated carbocycles. The van der Waals surface area contributed by atoms with E-state index in [4.69, 9.17) is 15.1 Å². The number of ether oxygens (including phenoxy) is 1. The summed E-state index contributed by atoms with van der Waals surface area (Å²) in [6.45, 7) is -0.800. The molecule has 0 unspecified atom stereocenters. The lowest BCUT2D eigenvalue weighted by Crippen LogP contribution is -2.14. The van der Waals surface area contributed by atoms with Crippen LogP contribution in [0.5, 0.6) is 0 Å². The summed E-state index contributed by atoms with van der Waals surface area (Å²) in [5, 5.41) is 17.9. The van der Waals surface area contributed by atoms with Gasteiger partial charge in [-0.2, -0.15) is 5.26 Å². The summed E-state index contributed by atoms with van der Waals surface area (Å²) in [5.74, 6) is -1.43. The van der Waals surface area contributed by atoms with E-state index in [9.17, 15) is 9.59 Å². The first-order valence-corrected chi connectivity index (χ1v) is 5.46. The van der Waals surface area contributed by atoms with Gasteiger partial charge in [-0.05, 0) is 12.1 Å². The fourth-order valence-corrected chi connectivity index (χ4v) is 1.74. The van der Waals surface area contributed by atoms with Gasteiger partial charge in [0.05, 0.1) is 11.6 Å². The SMILES string of the molecule is N#Cc1ccc2c(C(=O)COCC(=O)O)c[nH]c2c1. The molecule has 1 aromatic heterocycles. The molecule has 2 aromatic rings. The number of H-pyrrole nitrogens is 1. The van der Waals surface area contributed by atoms with Gasteiger partial charge in [-0.25, -0.2) is 4.79 Å². The predicted molar refractivity (Wildman–Crippen MR) is 65.8 cm³/mol. The molecule has 0 saturated heterocycles. The van der Waals surface area contributed by atoms with E-state index in [1.807, 2.05) is 6.07 Å². The highest BCUT2D eigenvalue weighted by atomic mass is 16.5. The Balaban J connectivity index is 2.19. The molecule has 0 aliphatic heterocycles. The Bertz CT molecular complexity index is 681. The number of carbonyl (C=O) groups is 2. The molecule has 1 aromatic carbocycles. The van der Waals surface area contributed by atoms with Crippen molar-refractivity contribution >= 4 is 22.7 Å². The second-order valence-corrected chi connectivity index (χ2v) is 3.88. The van der Waals surface area contributed by atoms with Crippen LogP contribution in [0.15, 0.2) is 24.4 Å². The molecule has 2 rings (SSSR count). The first kappa shape index (κ1) is 12.8. The van der Waals surface area contributed by atoms with Crippen LogP contribution < -0.4 is 0 Å². The number of aromatic nitrogens is 1. The molecule has 0 bridgehead atoms. The average Bonchev–Trinajstić information content (AvgIpc) is 2.80. The highest BCUT2D eigenvalue weighted by Crippen LogP contribution is 2.20. The Kier molecular flexibility index (Phi) is 3.59. The van der Waals surface area contributed by atoms with Crippen molar-refractivity contribution in [3.05, 3.63) is 35.5 Å². The van der Waals surface area contributed by atoms with Crippen LogP contribution in [0.4, 0.5) is 0 Å². The van der Waals surface area contributed by atoms with E-state index in [0.29, 0.717) is 22.0 Å². The van der Waals surface area contributed by atoms with Crippen molar-refractivity contribution in [2.24, 2.45) is 0 Å². The van der Waals surface area contributed by atoms with E-state index < -0.39 is 12.6 Å². The molecule has 6 heteroatoms. The van der Waals surface area contributed by atoms with Gasteiger partial charge < -0.3 is 14.8 Å². The summed E-state index contributed by atoms with van der Waals surface area (Å²) >= 11 is 0. The lowest BCUT2D eigenvalue weighted by molar-refractivity contribution is -0.141. The van der Waals surface area contributed by atoms with Crippen molar-refractivity contribution in [2.45, 2.75) is 0 Å². The normalized spacial score (nSPS) is 10.3. The Labute approximate surface area is 108 Å². The molecule has 0 amide bonds. The Morgan fingerprint density at radius 1 is 1.37 bits per heavy atom. The van der Waals surface area contributed by atoms with E-state index in [2.05, 4.69) is 4.98 Å². The lowest BCUT2D eigenvalue weighted by Gasteiger charge is -2.00. The van der Waals surface area contributed by atoms with Gasteiger partial charge in [0.2, 0.25) is 0 Å². The van der Waals surface area contributed by atoms with Gasteiger partial charge in [0.1, 0.15) is 13.2 Å². The molecular formula is C13H10N2O4. The van der Waals surface area contributed by atoms with Crippen LogP contribution in [0.3, 0.4) is 0 Å². The number of carbonyl (C=O) groups excluding carboxylic acids is 1. The van der Waals surface area contributed by atoms with Crippen LogP contribution in [0.2, 0.25) is 0 Å². The number of Topliss-reactive ketones (excluding diaryl/α,β-unsaturated/α-hetero) is 1. The van der Waals surface area contributed by atoms with E-state index in [1.54, 1.807) is 18.2 Å². The number of nitriles is 1. The van der Waals surface area contributed by atoms with Crippen molar-refractivity contribution in [2.75, 3.05) is 13.2 Å². The number of rotatable bonds is 5. The average molecular weight is 258 g/mol. The molecule has 6 nitrogen and oxygen atoms in total.